The number of carbonyl (C=O) groups excluding carboxylic acids is 3. The van der Waals surface area contributed by atoms with Crippen LogP contribution < -0.4 is 0 Å². The van der Waals surface area contributed by atoms with Gasteiger partial charge in [0.2, 0.25) is 0 Å². The van der Waals surface area contributed by atoms with Gasteiger partial charge in [-0.3, -0.25) is 14.4 Å². The fraction of sp³-hybridized carbons (Fsp3) is 0.700. The van der Waals surface area contributed by atoms with Gasteiger partial charge in [-0.05, 0) is 53.0 Å². The van der Waals surface area contributed by atoms with Gasteiger partial charge < -0.3 is 9.47 Å². The zero-order valence-electron chi connectivity index (χ0n) is 24.5. The molecular weight excluding hydrogens is 470 g/mol. The van der Waals surface area contributed by atoms with Crippen LogP contribution in [0.25, 0.3) is 0 Å². The van der Waals surface area contributed by atoms with Crippen molar-refractivity contribution in [3.05, 3.63) is 40.8 Å². The lowest BCUT2D eigenvalue weighted by Crippen LogP contribution is -2.53. The molecule has 0 fully saturated rings. The Labute approximate surface area is 223 Å². The molecule has 0 aliphatic heterocycles. The molecule has 1 aromatic rings. The molecule has 0 bridgehead atoms. The van der Waals surface area contributed by atoms with Crippen LogP contribution in [0.1, 0.15) is 94.1 Å². The summed E-state index contributed by atoms with van der Waals surface area (Å²) in [5.74, 6) is -1.54. The molecule has 0 aromatic heterocycles. The van der Waals surface area contributed by atoms with Crippen LogP contribution in [0.5, 0.6) is 0 Å². The van der Waals surface area contributed by atoms with E-state index in [2.05, 4.69) is 5.18 Å². The zero-order chi connectivity index (χ0) is 28.7. The van der Waals surface area contributed by atoms with Crippen molar-refractivity contribution in [3.8, 4) is 0 Å². The van der Waals surface area contributed by atoms with Gasteiger partial charge in [0.1, 0.15) is 11.9 Å². The van der Waals surface area contributed by atoms with Gasteiger partial charge in [-0.25, -0.2) is 0 Å². The second-order valence-electron chi connectivity index (χ2n) is 12.9. The number of carbonyl (C=O) groups is 3. The van der Waals surface area contributed by atoms with E-state index in [9.17, 15) is 19.3 Å². The summed E-state index contributed by atoms with van der Waals surface area (Å²) in [4.78, 5) is 48.9. The molecule has 0 N–H and O–H groups in total. The summed E-state index contributed by atoms with van der Waals surface area (Å²) in [6.07, 6.45) is 0.518. The van der Waals surface area contributed by atoms with Crippen molar-refractivity contribution in [1.82, 2.24) is 0 Å². The van der Waals surface area contributed by atoms with Gasteiger partial charge in [-0.2, -0.15) is 0 Å². The highest BCUT2D eigenvalue weighted by Crippen LogP contribution is 2.38. The Hall–Kier alpha value is -2.25. The Kier molecular flexibility index (Phi) is 11.5. The third-order valence-corrected chi connectivity index (χ3v) is 6.97. The minimum Gasteiger partial charge on any atom is -0.375 e. The number of nitroso groups, excluding NO2 is 1. The van der Waals surface area contributed by atoms with Gasteiger partial charge in [-0.15, -0.1) is 4.91 Å². The molecule has 1 aromatic carbocycles. The van der Waals surface area contributed by atoms with Crippen molar-refractivity contribution >= 4 is 17.5 Å². The molecule has 1 rings (SSSR count). The highest BCUT2D eigenvalue weighted by molar-refractivity contribution is 5.90. The van der Waals surface area contributed by atoms with Crippen molar-refractivity contribution in [2.45, 2.75) is 112 Å². The average Bonchev–Trinajstić information content (AvgIpc) is 2.78. The number of amides is 1. The van der Waals surface area contributed by atoms with E-state index in [1.165, 1.54) is 0 Å². The van der Waals surface area contributed by atoms with Crippen molar-refractivity contribution in [1.29, 1.82) is 0 Å². The van der Waals surface area contributed by atoms with Crippen LogP contribution in [0.15, 0.2) is 35.5 Å². The van der Waals surface area contributed by atoms with Gasteiger partial charge in [-0.1, -0.05) is 65.0 Å². The smallest absolute Gasteiger partial charge is 0.287 e. The van der Waals surface area contributed by atoms with E-state index < -0.39 is 40.0 Å². The molecule has 2 unspecified atom stereocenters. The molecule has 0 aliphatic rings. The molecule has 2 atom stereocenters. The van der Waals surface area contributed by atoms with Gasteiger partial charge in [0.25, 0.3) is 5.91 Å². The highest BCUT2D eigenvalue weighted by Gasteiger charge is 2.47. The number of benzene rings is 1. The first-order valence-electron chi connectivity index (χ1n) is 13.1. The monoisotopic (exact) mass is 517 g/mol. The lowest BCUT2D eigenvalue weighted by molar-refractivity contribution is -0.167. The summed E-state index contributed by atoms with van der Waals surface area (Å²) in [6, 6.07) is 9.81. The predicted molar refractivity (Wildman–Crippen MR) is 146 cm³/mol. The lowest BCUT2D eigenvalue weighted by atomic mass is 9.71. The summed E-state index contributed by atoms with van der Waals surface area (Å²) in [6.45, 7) is 19.0. The summed E-state index contributed by atoms with van der Waals surface area (Å²) in [7, 11) is 0. The third-order valence-electron chi connectivity index (χ3n) is 6.97. The molecular formula is C30H47NO6. The van der Waals surface area contributed by atoms with Crippen molar-refractivity contribution < 1.29 is 23.9 Å². The first-order chi connectivity index (χ1) is 16.8. The Morgan fingerprint density at radius 1 is 0.865 bits per heavy atom. The van der Waals surface area contributed by atoms with E-state index in [1.54, 1.807) is 20.8 Å². The number of rotatable bonds is 14. The van der Waals surface area contributed by atoms with Gasteiger partial charge in [0, 0.05) is 36.0 Å². The zero-order valence-corrected chi connectivity index (χ0v) is 24.5. The maximum atomic E-state index is 13.9. The normalized spacial score (nSPS) is 14.6. The first-order valence-corrected chi connectivity index (χ1v) is 13.1. The van der Waals surface area contributed by atoms with Crippen LogP contribution in [0.4, 0.5) is 0 Å². The Balaban J connectivity index is 2.95. The fourth-order valence-corrected chi connectivity index (χ4v) is 4.17. The molecule has 0 spiro atoms. The number of Topliss-reactive ketones (excluding diaryl/α,β-unsaturated/α-hetero) is 2. The van der Waals surface area contributed by atoms with Crippen LogP contribution in [0.2, 0.25) is 0 Å². The van der Waals surface area contributed by atoms with Gasteiger partial charge in [0.15, 0.2) is 5.78 Å². The SMILES string of the molecule is CC(C)(C)OC(Cc1ccccc1)C(=O)C(C)(C)C(C)(C)OCCCC(CC(=O)N=O)C(=O)C(C)(C)C. The van der Waals surface area contributed by atoms with E-state index in [4.69, 9.17) is 9.47 Å². The Bertz CT molecular complexity index is 922. The maximum absolute atomic E-state index is 13.9. The Morgan fingerprint density at radius 3 is 1.92 bits per heavy atom. The topological polar surface area (TPSA) is 99.1 Å². The molecule has 0 saturated heterocycles. The van der Waals surface area contributed by atoms with Gasteiger partial charge in [0.05, 0.1) is 16.6 Å². The van der Waals surface area contributed by atoms with Crippen LogP contribution in [0.3, 0.4) is 0 Å². The van der Waals surface area contributed by atoms with Crippen molar-refractivity contribution in [2.75, 3.05) is 6.61 Å². The summed E-state index contributed by atoms with van der Waals surface area (Å²) >= 11 is 0. The highest BCUT2D eigenvalue weighted by atomic mass is 16.5. The average molecular weight is 518 g/mol. The van der Waals surface area contributed by atoms with Crippen LogP contribution >= 0.6 is 0 Å². The van der Waals surface area contributed by atoms with E-state index >= 15 is 0 Å². The number of nitrogens with zero attached hydrogens (tertiary/aromatic N) is 1. The molecule has 7 nitrogen and oxygen atoms in total. The second kappa shape index (κ2) is 13.0. The first kappa shape index (κ1) is 32.8. The van der Waals surface area contributed by atoms with E-state index in [0.717, 1.165) is 5.56 Å². The molecule has 0 aliphatic carbocycles. The Morgan fingerprint density at radius 2 is 1.43 bits per heavy atom. The summed E-state index contributed by atoms with van der Waals surface area (Å²) in [5.41, 5.74) is -1.82. The minimum atomic E-state index is -0.879. The maximum Gasteiger partial charge on any atom is 0.287 e. The summed E-state index contributed by atoms with van der Waals surface area (Å²) in [5, 5.41) is 2.46. The van der Waals surface area contributed by atoms with Crippen molar-refractivity contribution in [2.24, 2.45) is 21.9 Å². The number of hydrogen-bond acceptors (Lipinski definition) is 6. The van der Waals surface area contributed by atoms with Crippen molar-refractivity contribution in [3.63, 3.8) is 0 Å². The van der Waals surface area contributed by atoms with Crippen LogP contribution in [0, 0.1) is 21.7 Å². The van der Waals surface area contributed by atoms with Crippen LogP contribution in [-0.2, 0) is 30.3 Å². The molecule has 1 amide bonds. The van der Waals surface area contributed by atoms with E-state index in [0.29, 0.717) is 25.9 Å². The van der Waals surface area contributed by atoms with E-state index in [-0.39, 0.29) is 18.0 Å². The number of hydrogen-bond donors (Lipinski definition) is 0. The molecule has 208 valence electrons. The quantitative estimate of drug-likeness (QED) is 0.206. The third kappa shape index (κ3) is 10.2. The molecule has 0 heterocycles. The second-order valence-corrected chi connectivity index (χ2v) is 12.9. The minimum absolute atomic E-state index is 0.0419. The fourth-order valence-electron chi connectivity index (χ4n) is 4.17. The molecule has 37 heavy (non-hydrogen) atoms. The number of ether oxygens (including phenoxy) is 2. The standard InChI is InChI=1S/C30H47NO6/c1-27(2,3)25(33)22(20-24(32)31-35)17-14-18-36-30(9,10)29(7,8)26(34)23(37-28(4,5)6)19-21-15-12-11-13-16-21/h11-13,15-16,22-23H,14,17-20H2,1-10H3. The molecule has 7 heteroatoms. The predicted octanol–water partition coefficient (Wildman–Crippen LogP) is 6.50. The largest absolute Gasteiger partial charge is 0.375 e. The molecule has 0 saturated carbocycles. The molecule has 0 radical (unpaired) electrons. The summed E-state index contributed by atoms with van der Waals surface area (Å²) < 4.78 is 12.5. The van der Waals surface area contributed by atoms with Crippen LogP contribution in [-0.4, -0.2) is 41.4 Å². The number of ketones is 2. The van der Waals surface area contributed by atoms with Gasteiger partial charge >= 0.3 is 0 Å². The lowest BCUT2D eigenvalue weighted by Gasteiger charge is -2.43. The van der Waals surface area contributed by atoms with E-state index in [1.807, 2.05) is 78.8 Å².